The smallest absolute Gasteiger partial charge is 0.326 e. The number of aromatic nitrogens is 4. The average molecular weight is 540 g/mol. The van der Waals surface area contributed by atoms with Gasteiger partial charge >= 0.3 is 11.4 Å². The molecule has 12 heteroatoms. The second kappa shape index (κ2) is 12.0. The highest BCUT2D eigenvalue weighted by Gasteiger charge is 2.23. The zero-order chi connectivity index (χ0) is 27.2. The van der Waals surface area contributed by atoms with Crippen molar-refractivity contribution in [1.82, 2.24) is 24.0 Å². The third kappa shape index (κ3) is 6.42. The number of hydrogen-bond acceptors (Lipinski definition) is 7. The summed E-state index contributed by atoms with van der Waals surface area (Å²) in [7, 11) is 0. The van der Waals surface area contributed by atoms with E-state index in [0.717, 1.165) is 61.0 Å². The molecule has 0 saturated carbocycles. The third-order valence-corrected chi connectivity index (χ3v) is 6.73. The predicted octanol–water partition coefficient (Wildman–Crippen LogP) is 0.396. The number of carbonyl (C=O) groups excluding carboxylic acids is 2. The van der Waals surface area contributed by atoms with Gasteiger partial charge in [0.25, 0.3) is 0 Å². The molecule has 5 rings (SSSR count). The van der Waals surface area contributed by atoms with Crippen LogP contribution in [0.25, 0.3) is 22.1 Å². The fourth-order valence-electron chi connectivity index (χ4n) is 4.78. The van der Waals surface area contributed by atoms with Crippen LogP contribution in [-0.2, 0) is 16.1 Å². The molecular formula is C26H26ClN5O6-2. The molecule has 0 bridgehead atoms. The normalized spacial score (nSPS) is 14.7. The first-order chi connectivity index (χ1) is 18.2. The van der Waals surface area contributed by atoms with E-state index in [-0.39, 0.29) is 17.4 Å². The van der Waals surface area contributed by atoms with Crippen molar-refractivity contribution in [1.29, 1.82) is 0 Å². The average Bonchev–Trinajstić information content (AvgIpc) is 3.38. The number of imidazole rings is 2. The molecule has 200 valence electrons. The minimum Gasteiger partial charge on any atom is -0.545 e. The number of H-pyrrole nitrogens is 2. The van der Waals surface area contributed by atoms with E-state index in [0.29, 0.717) is 23.7 Å². The number of benzene rings is 2. The highest BCUT2D eigenvalue weighted by Crippen LogP contribution is 2.26. The van der Waals surface area contributed by atoms with Crippen LogP contribution in [0.3, 0.4) is 0 Å². The van der Waals surface area contributed by atoms with Crippen LogP contribution in [0, 0.1) is 0 Å². The number of aryl methyl sites for hydroxylation is 1. The van der Waals surface area contributed by atoms with Gasteiger partial charge in [0.2, 0.25) is 0 Å². The van der Waals surface area contributed by atoms with Crippen LogP contribution in [0.2, 0.25) is 5.02 Å². The summed E-state index contributed by atoms with van der Waals surface area (Å²) in [6.07, 6.45) is 3.55. The highest BCUT2D eigenvalue weighted by molar-refractivity contribution is 6.31. The summed E-state index contributed by atoms with van der Waals surface area (Å²) in [4.78, 5) is 51.8. The van der Waals surface area contributed by atoms with Gasteiger partial charge in [-0.05, 0) is 68.3 Å². The van der Waals surface area contributed by atoms with Crippen LogP contribution < -0.4 is 21.6 Å². The number of carbonyl (C=O) groups is 2. The fourth-order valence-corrected chi connectivity index (χ4v) is 4.96. The molecule has 0 aliphatic carbocycles. The van der Waals surface area contributed by atoms with Gasteiger partial charge in [-0.15, -0.1) is 0 Å². The van der Waals surface area contributed by atoms with Gasteiger partial charge in [0.05, 0.1) is 34.0 Å². The predicted molar refractivity (Wildman–Crippen MR) is 139 cm³/mol. The lowest BCUT2D eigenvalue weighted by Crippen LogP contribution is -2.37. The largest absolute Gasteiger partial charge is 0.545 e. The number of rotatable bonds is 7. The van der Waals surface area contributed by atoms with E-state index in [1.54, 1.807) is 6.07 Å². The number of aliphatic carboxylic acids is 2. The topological polar surface area (TPSA) is 159 Å². The van der Waals surface area contributed by atoms with Gasteiger partial charge in [-0.1, -0.05) is 23.7 Å². The number of carboxylic acids is 2. The Kier molecular flexibility index (Phi) is 8.49. The van der Waals surface area contributed by atoms with E-state index in [1.807, 2.05) is 45.5 Å². The Balaban J connectivity index is 0.000000368. The standard InChI is InChI=1S/C22H24ClN5O2.C4H4O4/c23-15-6-7-20-18(14-15)25-22(30)28(20)16-8-12-26(13-9-16)10-3-11-27-19-5-2-1-4-17(19)24-21(27)29;5-3(6)1-2-4(7)8/h1-2,4-7,14,16H,3,8-13H2,(H,24,29)(H,25,30);1-2H,(H,5,6)(H,7,8)/p-2/b;2-1-. The van der Waals surface area contributed by atoms with Gasteiger partial charge in [0.15, 0.2) is 0 Å². The van der Waals surface area contributed by atoms with E-state index >= 15 is 0 Å². The van der Waals surface area contributed by atoms with Gasteiger partial charge in [0, 0.05) is 30.7 Å². The fraction of sp³-hybridized carbons (Fsp3) is 0.308. The third-order valence-electron chi connectivity index (χ3n) is 6.49. The van der Waals surface area contributed by atoms with Crippen LogP contribution in [0.5, 0.6) is 0 Å². The number of aromatic amines is 2. The maximum Gasteiger partial charge on any atom is 0.326 e. The van der Waals surface area contributed by atoms with Crippen molar-refractivity contribution in [3.63, 3.8) is 0 Å². The second-order valence-corrected chi connectivity index (χ2v) is 9.39. The van der Waals surface area contributed by atoms with Crippen LogP contribution >= 0.6 is 11.6 Å². The lowest BCUT2D eigenvalue weighted by Gasteiger charge is -2.32. The Labute approximate surface area is 221 Å². The van der Waals surface area contributed by atoms with Crippen LogP contribution in [0.4, 0.5) is 0 Å². The Bertz CT molecular complexity index is 1570. The summed E-state index contributed by atoms with van der Waals surface area (Å²) in [5, 5.41) is 19.5. The first-order valence-corrected chi connectivity index (χ1v) is 12.5. The van der Waals surface area contributed by atoms with Gasteiger partial charge in [-0.3, -0.25) is 9.13 Å². The van der Waals surface area contributed by atoms with Crippen molar-refractivity contribution >= 4 is 45.6 Å². The van der Waals surface area contributed by atoms with E-state index in [9.17, 15) is 29.4 Å². The SMILES string of the molecule is O=C([O-])/C=C\C(=O)[O-].O=c1[nH]c2ccccc2n1CCCN1CCC(n2c(=O)[nH]c3cc(Cl)ccc32)CC1. The number of hydrogen-bond donors (Lipinski definition) is 2. The van der Waals surface area contributed by atoms with Crippen molar-refractivity contribution in [2.45, 2.75) is 31.8 Å². The van der Waals surface area contributed by atoms with Gasteiger partial charge in [-0.2, -0.15) is 0 Å². The quantitative estimate of drug-likeness (QED) is 0.321. The summed E-state index contributed by atoms with van der Waals surface area (Å²) in [6, 6.07) is 13.5. The molecule has 11 nitrogen and oxygen atoms in total. The van der Waals surface area contributed by atoms with Crippen molar-refractivity contribution in [3.8, 4) is 0 Å². The molecule has 4 aromatic rings. The molecule has 0 atom stereocenters. The van der Waals surface area contributed by atoms with Crippen molar-refractivity contribution in [3.05, 3.63) is 80.6 Å². The van der Waals surface area contributed by atoms with Crippen LogP contribution in [-0.4, -0.2) is 55.6 Å². The molecule has 1 saturated heterocycles. The number of nitrogens with zero attached hydrogens (tertiary/aromatic N) is 3. The van der Waals surface area contributed by atoms with E-state index in [2.05, 4.69) is 14.9 Å². The number of carboxylic acid groups (broad SMARTS) is 2. The highest BCUT2D eigenvalue weighted by atomic mass is 35.5. The number of fused-ring (bicyclic) bond motifs is 2. The molecule has 2 aromatic carbocycles. The minimum absolute atomic E-state index is 0.0475. The molecule has 0 spiro atoms. The zero-order valence-corrected chi connectivity index (χ0v) is 21.1. The number of nitrogens with one attached hydrogen (secondary N) is 2. The Morgan fingerprint density at radius 2 is 1.55 bits per heavy atom. The monoisotopic (exact) mass is 539 g/mol. The van der Waals surface area contributed by atoms with E-state index in [4.69, 9.17) is 11.6 Å². The molecule has 2 aromatic heterocycles. The molecule has 0 unspecified atom stereocenters. The first kappa shape index (κ1) is 27.0. The molecule has 1 aliphatic heterocycles. The molecule has 1 aliphatic rings. The first-order valence-electron chi connectivity index (χ1n) is 12.1. The van der Waals surface area contributed by atoms with Gasteiger partial charge < -0.3 is 34.7 Å². The molecule has 0 amide bonds. The summed E-state index contributed by atoms with van der Waals surface area (Å²) < 4.78 is 3.70. The summed E-state index contributed by atoms with van der Waals surface area (Å²) in [5.74, 6) is -3.09. The lowest BCUT2D eigenvalue weighted by atomic mass is 10.0. The summed E-state index contributed by atoms with van der Waals surface area (Å²) >= 11 is 6.05. The van der Waals surface area contributed by atoms with Crippen molar-refractivity contribution in [2.24, 2.45) is 0 Å². The van der Waals surface area contributed by atoms with Crippen LogP contribution in [0.15, 0.2) is 64.2 Å². The molecule has 38 heavy (non-hydrogen) atoms. The van der Waals surface area contributed by atoms with E-state index in [1.165, 1.54) is 0 Å². The van der Waals surface area contributed by atoms with Crippen molar-refractivity contribution in [2.75, 3.05) is 19.6 Å². The number of halogens is 1. The van der Waals surface area contributed by atoms with Gasteiger partial charge in [0.1, 0.15) is 0 Å². The second-order valence-electron chi connectivity index (χ2n) is 8.96. The minimum atomic E-state index is -1.55. The number of para-hydroxylation sites is 2. The number of piperidine rings is 1. The Morgan fingerprint density at radius 3 is 2.24 bits per heavy atom. The van der Waals surface area contributed by atoms with Crippen LogP contribution in [0.1, 0.15) is 25.3 Å². The van der Waals surface area contributed by atoms with Gasteiger partial charge in [-0.25, -0.2) is 9.59 Å². The molecular weight excluding hydrogens is 514 g/mol. The molecule has 0 radical (unpaired) electrons. The summed E-state index contributed by atoms with van der Waals surface area (Å²) in [6.45, 7) is 3.53. The lowest BCUT2D eigenvalue weighted by molar-refractivity contribution is -0.301. The van der Waals surface area contributed by atoms with E-state index < -0.39 is 11.9 Å². The molecule has 1 fully saturated rings. The Hall–Kier alpha value is -4.09. The summed E-state index contributed by atoms with van der Waals surface area (Å²) in [5.41, 5.74) is 3.44. The number of likely N-dealkylation sites (tertiary alicyclic amines) is 1. The Morgan fingerprint density at radius 1 is 0.895 bits per heavy atom. The maximum absolute atomic E-state index is 12.5. The molecule has 2 N–H and O–H groups in total. The zero-order valence-electron chi connectivity index (χ0n) is 20.4. The molecule has 3 heterocycles. The maximum atomic E-state index is 12.5. The van der Waals surface area contributed by atoms with Crippen molar-refractivity contribution < 1.29 is 19.8 Å².